The molecule has 1 heterocycles. The molecule has 0 fully saturated rings. The molecule has 0 amide bonds. The van der Waals surface area contributed by atoms with Crippen molar-refractivity contribution in [1.82, 2.24) is 9.29 Å². The second-order valence-electron chi connectivity index (χ2n) is 6.28. The number of nitro groups is 1. The number of carbonyl (C=O) groups is 1. The summed E-state index contributed by atoms with van der Waals surface area (Å²) in [4.78, 5) is 26.3. The molecule has 9 nitrogen and oxygen atoms in total. The van der Waals surface area contributed by atoms with Crippen LogP contribution in [0.3, 0.4) is 0 Å². The highest BCUT2D eigenvalue weighted by atomic mass is 32.2. The summed E-state index contributed by atoms with van der Waals surface area (Å²) in [6.07, 6.45) is 1.44. The number of fused-ring (bicyclic) bond motifs is 1. The van der Waals surface area contributed by atoms with E-state index in [1.807, 2.05) is 0 Å². The van der Waals surface area contributed by atoms with E-state index in [9.17, 15) is 28.4 Å². The molecular formula is C19H17N3O6S. The van der Waals surface area contributed by atoms with E-state index in [-0.39, 0.29) is 21.7 Å². The van der Waals surface area contributed by atoms with Gasteiger partial charge in [0, 0.05) is 29.8 Å². The number of hydrogen-bond donors (Lipinski definition) is 1. The maximum absolute atomic E-state index is 13.4. The average molecular weight is 415 g/mol. The van der Waals surface area contributed by atoms with Gasteiger partial charge in [-0.2, -0.15) is 4.31 Å². The van der Waals surface area contributed by atoms with Crippen LogP contribution in [0.5, 0.6) is 0 Å². The van der Waals surface area contributed by atoms with Gasteiger partial charge in [0.1, 0.15) is 10.9 Å². The molecule has 0 aliphatic rings. The molecule has 3 rings (SSSR count). The minimum absolute atomic E-state index is 0.0855. The number of hydrogen-bond acceptors (Lipinski definition) is 6. The zero-order chi connectivity index (χ0) is 21.2. The molecule has 10 heteroatoms. The van der Waals surface area contributed by atoms with Gasteiger partial charge in [-0.1, -0.05) is 36.4 Å². The summed E-state index contributed by atoms with van der Waals surface area (Å²) in [6.45, 7) is 0.739. The number of para-hydroxylation sites is 2. The van der Waals surface area contributed by atoms with Gasteiger partial charge in [0.15, 0.2) is 0 Å². The Hall–Kier alpha value is -3.37. The van der Waals surface area contributed by atoms with Crippen LogP contribution >= 0.6 is 0 Å². The highest BCUT2D eigenvalue weighted by Gasteiger charge is 2.35. The molecule has 1 N–H and O–H groups in total. The van der Waals surface area contributed by atoms with E-state index in [0.717, 1.165) is 4.31 Å². The molecule has 29 heavy (non-hydrogen) atoms. The number of aromatic nitrogens is 1. The monoisotopic (exact) mass is 415 g/mol. The maximum atomic E-state index is 13.4. The lowest BCUT2D eigenvalue weighted by atomic mass is 10.1. The van der Waals surface area contributed by atoms with Crippen molar-refractivity contribution in [3.8, 4) is 0 Å². The number of rotatable bonds is 7. The van der Waals surface area contributed by atoms with Gasteiger partial charge >= 0.3 is 5.97 Å². The van der Waals surface area contributed by atoms with Gasteiger partial charge in [-0.25, -0.2) is 8.42 Å². The fourth-order valence-electron chi connectivity index (χ4n) is 2.95. The standard InChI is InChI=1S/C19H17N3O6S/c1-13(19(23)24)21(12-15-6-2-3-9-16(15)22(25)26)29(27,28)17-10-4-7-14-8-5-11-20-18(14)17/h2-11,13H,12H2,1H3,(H,23,24)/t13-/m0/s1. The zero-order valence-corrected chi connectivity index (χ0v) is 16.1. The first-order valence-corrected chi connectivity index (χ1v) is 9.98. The number of nitrogens with zero attached hydrogens (tertiary/aromatic N) is 3. The van der Waals surface area contributed by atoms with Crippen LogP contribution < -0.4 is 0 Å². The van der Waals surface area contributed by atoms with E-state index >= 15 is 0 Å². The number of carboxylic acid groups (broad SMARTS) is 1. The molecule has 0 aliphatic heterocycles. The first-order valence-electron chi connectivity index (χ1n) is 8.54. The molecule has 2 aromatic carbocycles. The number of carboxylic acids is 1. The fourth-order valence-corrected chi connectivity index (χ4v) is 4.69. The number of aliphatic carboxylic acids is 1. The Bertz CT molecular complexity index is 1190. The van der Waals surface area contributed by atoms with E-state index in [4.69, 9.17) is 0 Å². The second kappa shape index (κ2) is 7.94. The molecular weight excluding hydrogens is 398 g/mol. The Kier molecular flexibility index (Phi) is 5.57. The highest BCUT2D eigenvalue weighted by Crippen LogP contribution is 2.29. The van der Waals surface area contributed by atoms with Gasteiger partial charge < -0.3 is 5.11 Å². The van der Waals surface area contributed by atoms with Crippen LogP contribution in [-0.2, 0) is 21.4 Å². The first kappa shape index (κ1) is 20.4. The van der Waals surface area contributed by atoms with Gasteiger partial charge in [0.2, 0.25) is 10.0 Å². The van der Waals surface area contributed by atoms with Crippen LogP contribution in [0.1, 0.15) is 12.5 Å². The largest absolute Gasteiger partial charge is 0.480 e. The lowest BCUT2D eigenvalue weighted by Gasteiger charge is -2.26. The SMILES string of the molecule is C[C@@H](C(=O)O)N(Cc1ccccc1[N+](=O)[O-])S(=O)(=O)c1cccc2cccnc12. The lowest BCUT2D eigenvalue weighted by Crippen LogP contribution is -2.42. The van der Waals surface area contributed by atoms with Gasteiger partial charge in [-0.15, -0.1) is 0 Å². The molecule has 150 valence electrons. The quantitative estimate of drug-likeness (QED) is 0.464. The minimum atomic E-state index is -4.35. The average Bonchev–Trinajstić information content (AvgIpc) is 2.71. The molecule has 0 saturated carbocycles. The number of benzene rings is 2. The molecule has 0 radical (unpaired) electrons. The lowest BCUT2D eigenvalue weighted by molar-refractivity contribution is -0.385. The van der Waals surface area contributed by atoms with E-state index in [2.05, 4.69) is 4.98 Å². The van der Waals surface area contributed by atoms with Gasteiger partial charge in [-0.05, 0) is 19.1 Å². The van der Waals surface area contributed by atoms with E-state index in [1.165, 1.54) is 49.5 Å². The first-order chi connectivity index (χ1) is 13.7. The molecule has 1 aromatic heterocycles. The number of sulfonamides is 1. The molecule has 0 bridgehead atoms. The van der Waals surface area contributed by atoms with Gasteiger partial charge in [-0.3, -0.25) is 19.9 Å². The summed E-state index contributed by atoms with van der Waals surface area (Å²) in [5.41, 5.74) is -0.0103. The molecule has 0 unspecified atom stereocenters. The summed E-state index contributed by atoms with van der Waals surface area (Å²) in [7, 11) is -4.35. The molecule has 0 saturated heterocycles. The van der Waals surface area contributed by atoms with Crippen LogP contribution in [0.25, 0.3) is 10.9 Å². The van der Waals surface area contributed by atoms with E-state index < -0.39 is 33.5 Å². The highest BCUT2D eigenvalue weighted by molar-refractivity contribution is 7.89. The Morgan fingerprint density at radius 3 is 2.55 bits per heavy atom. The number of nitro benzene ring substituents is 1. The molecule has 0 aliphatic carbocycles. The molecule has 0 spiro atoms. The maximum Gasteiger partial charge on any atom is 0.321 e. The van der Waals surface area contributed by atoms with Crippen molar-refractivity contribution in [2.75, 3.05) is 0 Å². The third-order valence-electron chi connectivity index (χ3n) is 4.49. The molecule has 3 aromatic rings. The summed E-state index contributed by atoms with van der Waals surface area (Å²) in [5.74, 6) is -1.37. The van der Waals surface area contributed by atoms with Crippen molar-refractivity contribution in [3.05, 3.63) is 76.5 Å². The second-order valence-corrected chi connectivity index (χ2v) is 8.14. The topological polar surface area (TPSA) is 131 Å². The molecule has 1 atom stereocenters. The van der Waals surface area contributed by atoms with Crippen LogP contribution in [0.2, 0.25) is 0 Å². The van der Waals surface area contributed by atoms with Crippen molar-refractivity contribution < 1.29 is 23.2 Å². The zero-order valence-electron chi connectivity index (χ0n) is 15.3. The fraction of sp³-hybridized carbons (Fsp3) is 0.158. The van der Waals surface area contributed by atoms with Crippen molar-refractivity contribution in [3.63, 3.8) is 0 Å². The summed E-state index contributed by atoms with van der Waals surface area (Å²) < 4.78 is 27.6. The van der Waals surface area contributed by atoms with Gasteiger partial charge in [0.05, 0.1) is 10.4 Å². The van der Waals surface area contributed by atoms with Crippen molar-refractivity contribution >= 4 is 32.6 Å². The van der Waals surface area contributed by atoms with Crippen LogP contribution in [0.4, 0.5) is 5.69 Å². The van der Waals surface area contributed by atoms with Crippen molar-refractivity contribution in [2.45, 2.75) is 24.4 Å². The summed E-state index contributed by atoms with van der Waals surface area (Å²) in [5, 5.41) is 21.4. The Morgan fingerprint density at radius 2 is 1.86 bits per heavy atom. The minimum Gasteiger partial charge on any atom is -0.480 e. The van der Waals surface area contributed by atoms with Crippen LogP contribution in [0.15, 0.2) is 65.7 Å². The van der Waals surface area contributed by atoms with Crippen molar-refractivity contribution in [1.29, 1.82) is 0 Å². The van der Waals surface area contributed by atoms with E-state index in [1.54, 1.807) is 18.2 Å². The van der Waals surface area contributed by atoms with E-state index in [0.29, 0.717) is 5.39 Å². The Morgan fingerprint density at radius 1 is 1.17 bits per heavy atom. The van der Waals surface area contributed by atoms with Crippen LogP contribution in [0, 0.1) is 10.1 Å². The van der Waals surface area contributed by atoms with Crippen LogP contribution in [-0.4, -0.2) is 39.7 Å². The summed E-state index contributed by atoms with van der Waals surface area (Å²) >= 11 is 0. The Labute approximate surface area is 166 Å². The third kappa shape index (κ3) is 3.93. The predicted molar refractivity (Wildman–Crippen MR) is 105 cm³/mol. The van der Waals surface area contributed by atoms with Crippen molar-refractivity contribution in [2.24, 2.45) is 0 Å². The normalized spacial score (nSPS) is 12.8. The summed E-state index contributed by atoms with van der Waals surface area (Å²) in [6, 6.07) is 12.1. The third-order valence-corrected chi connectivity index (χ3v) is 6.43. The predicted octanol–water partition coefficient (Wildman–Crippen LogP) is 2.81. The van der Waals surface area contributed by atoms with Gasteiger partial charge in [0.25, 0.3) is 5.69 Å². The smallest absolute Gasteiger partial charge is 0.321 e. The number of pyridine rings is 1. The Balaban J connectivity index is 2.17.